The molecule has 0 amide bonds. The van der Waals surface area contributed by atoms with E-state index in [0.29, 0.717) is 10.8 Å². The second kappa shape index (κ2) is 8.26. The molecule has 0 unspecified atom stereocenters. The van der Waals surface area contributed by atoms with Crippen LogP contribution in [0.1, 0.15) is 58.8 Å². The number of hydrogen-bond acceptors (Lipinski definition) is 2. The first-order chi connectivity index (χ1) is 8.65. The fourth-order valence-electron chi connectivity index (χ4n) is 2.59. The highest BCUT2D eigenvalue weighted by Crippen LogP contribution is 2.29. The summed E-state index contributed by atoms with van der Waals surface area (Å²) in [7, 11) is 0. The minimum atomic E-state index is 0.332. The molecule has 18 heavy (non-hydrogen) atoms. The number of thioether (sulfide) groups is 1. The maximum atomic E-state index is 5.42. The van der Waals surface area contributed by atoms with Gasteiger partial charge < -0.3 is 10.6 Å². The van der Waals surface area contributed by atoms with Crippen molar-refractivity contribution in [1.29, 1.82) is 0 Å². The van der Waals surface area contributed by atoms with E-state index in [2.05, 4.69) is 30.7 Å². The van der Waals surface area contributed by atoms with Crippen LogP contribution in [0.4, 0.5) is 0 Å². The normalized spacial score (nSPS) is 17.5. The molecule has 0 aromatic heterocycles. The third kappa shape index (κ3) is 4.96. The Labute approximate surface area is 122 Å². The highest BCUT2D eigenvalue weighted by Gasteiger charge is 2.25. The lowest BCUT2D eigenvalue weighted by molar-refractivity contribution is 0.410. The molecule has 0 heterocycles. The highest BCUT2D eigenvalue weighted by molar-refractivity contribution is 8.00. The SMILES string of the molecule is CCC(CC)(CNC(=S)NC1CCCCC1)SC. The summed E-state index contributed by atoms with van der Waals surface area (Å²) < 4.78 is 0.332. The minimum absolute atomic E-state index is 0.332. The summed E-state index contributed by atoms with van der Waals surface area (Å²) in [5.41, 5.74) is 0. The van der Waals surface area contributed by atoms with Crippen LogP contribution in [-0.4, -0.2) is 28.7 Å². The summed E-state index contributed by atoms with van der Waals surface area (Å²) in [6.07, 6.45) is 11.2. The zero-order valence-electron chi connectivity index (χ0n) is 12.1. The minimum Gasteiger partial charge on any atom is -0.361 e. The van der Waals surface area contributed by atoms with Crippen molar-refractivity contribution in [2.45, 2.75) is 69.6 Å². The first kappa shape index (κ1) is 16.1. The monoisotopic (exact) mass is 288 g/mol. The van der Waals surface area contributed by atoms with Gasteiger partial charge in [0, 0.05) is 17.3 Å². The molecule has 1 aliphatic rings. The Bertz CT molecular complexity index is 238. The van der Waals surface area contributed by atoms with E-state index in [-0.39, 0.29) is 0 Å². The second-order valence-electron chi connectivity index (χ2n) is 5.26. The summed E-state index contributed by atoms with van der Waals surface area (Å²) in [4.78, 5) is 0. The predicted octanol–water partition coefficient (Wildman–Crippen LogP) is 3.71. The van der Waals surface area contributed by atoms with Crippen molar-refractivity contribution >= 4 is 29.1 Å². The first-order valence-electron chi connectivity index (χ1n) is 7.25. The van der Waals surface area contributed by atoms with E-state index in [4.69, 9.17) is 12.2 Å². The predicted molar refractivity (Wildman–Crippen MR) is 87.4 cm³/mol. The fraction of sp³-hybridized carbons (Fsp3) is 0.929. The van der Waals surface area contributed by atoms with E-state index in [9.17, 15) is 0 Å². The van der Waals surface area contributed by atoms with Crippen LogP contribution in [-0.2, 0) is 0 Å². The molecule has 0 bridgehead atoms. The van der Waals surface area contributed by atoms with E-state index in [1.54, 1.807) is 0 Å². The molecule has 0 aliphatic heterocycles. The van der Waals surface area contributed by atoms with Crippen molar-refractivity contribution in [1.82, 2.24) is 10.6 Å². The van der Waals surface area contributed by atoms with Gasteiger partial charge in [0.25, 0.3) is 0 Å². The van der Waals surface area contributed by atoms with Gasteiger partial charge in [-0.1, -0.05) is 33.1 Å². The van der Waals surface area contributed by atoms with E-state index in [1.807, 2.05) is 11.8 Å². The van der Waals surface area contributed by atoms with Crippen molar-refractivity contribution in [3.8, 4) is 0 Å². The van der Waals surface area contributed by atoms with Gasteiger partial charge in [-0.05, 0) is 44.2 Å². The van der Waals surface area contributed by atoms with Gasteiger partial charge in [-0.15, -0.1) is 0 Å². The van der Waals surface area contributed by atoms with Crippen molar-refractivity contribution in [3.63, 3.8) is 0 Å². The number of nitrogens with one attached hydrogen (secondary N) is 2. The molecule has 2 nitrogen and oxygen atoms in total. The van der Waals surface area contributed by atoms with Gasteiger partial charge in [-0.2, -0.15) is 11.8 Å². The van der Waals surface area contributed by atoms with Crippen LogP contribution < -0.4 is 10.6 Å². The molecule has 1 fully saturated rings. The Balaban J connectivity index is 2.30. The van der Waals surface area contributed by atoms with Crippen molar-refractivity contribution < 1.29 is 0 Å². The number of hydrogen-bond donors (Lipinski definition) is 2. The average Bonchev–Trinajstić information content (AvgIpc) is 2.42. The second-order valence-corrected chi connectivity index (χ2v) is 6.94. The molecule has 106 valence electrons. The van der Waals surface area contributed by atoms with Crippen LogP contribution in [0.3, 0.4) is 0 Å². The van der Waals surface area contributed by atoms with Crippen molar-refractivity contribution in [3.05, 3.63) is 0 Å². The van der Waals surface area contributed by atoms with E-state index in [0.717, 1.165) is 11.7 Å². The van der Waals surface area contributed by atoms with Crippen LogP contribution in [0.5, 0.6) is 0 Å². The molecule has 1 rings (SSSR count). The first-order valence-corrected chi connectivity index (χ1v) is 8.88. The standard InChI is InChI=1S/C14H28N2S2/c1-4-14(5-2,18-3)11-15-13(17)16-12-9-7-6-8-10-12/h12H,4-11H2,1-3H3,(H2,15,16,17). The van der Waals surface area contributed by atoms with Crippen LogP contribution in [0.2, 0.25) is 0 Å². The van der Waals surface area contributed by atoms with E-state index < -0.39 is 0 Å². The van der Waals surface area contributed by atoms with Crippen LogP contribution in [0, 0.1) is 0 Å². The molecule has 2 N–H and O–H groups in total. The summed E-state index contributed by atoms with van der Waals surface area (Å²) >= 11 is 7.37. The maximum Gasteiger partial charge on any atom is 0.166 e. The van der Waals surface area contributed by atoms with Gasteiger partial charge >= 0.3 is 0 Å². The molecule has 0 atom stereocenters. The molecular weight excluding hydrogens is 260 g/mol. The van der Waals surface area contributed by atoms with Gasteiger partial charge in [0.2, 0.25) is 0 Å². The van der Waals surface area contributed by atoms with Gasteiger partial charge in [0.1, 0.15) is 0 Å². The Morgan fingerprint density at radius 2 is 1.83 bits per heavy atom. The van der Waals surface area contributed by atoms with E-state index in [1.165, 1.54) is 44.9 Å². The molecule has 0 radical (unpaired) electrons. The Morgan fingerprint density at radius 3 is 2.33 bits per heavy atom. The highest BCUT2D eigenvalue weighted by atomic mass is 32.2. The molecular formula is C14H28N2S2. The Kier molecular flexibility index (Phi) is 7.38. The Morgan fingerprint density at radius 1 is 1.22 bits per heavy atom. The Hall–Kier alpha value is 0.0400. The van der Waals surface area contributed by atoms with Crippen LogP contribution in [0.15, 0.2) is 0 Å². The lowest BCUT2D eigenvalue weighted by Gasteiger charge is -2.31. The molecule has 0 aromatic rings. The maximum absolute atomic E-state index is 5.42. The van der Waals surface area contributed by atoms with Crippen molar-refractivity contribution in [2.75, 3.05) is 12.8 Å². The largest absolute Gasteiger partial charge is 0.361 e. The molecule has 1 saturated carbocycles. The molecule has 0 spiro atoms. The molecule has 4 heteroatoms. The topological polar surface area (TPSA) is 24.1 Å². The zero-order valence-corrected chi connectivity index (χ0v) is 13.7. The van der Waals surface area contributed by atoms with Crippen LogP contribution in [0.25, 0.3) is 0 Å². The average molecular weight is 289 g/mol. The quantitative estimate of drug-likeness (QED) is 0.728. The van der Waals surface area contributed by atoms with Gasteiger partial charge in [-0.25, -0.2) is 0 Å². The smallest absolute Gasteiger partial charge is 0.166 e. The van der Waals surface area contributed by atoms with Gasteiger partial charge in [0.15, 0.2) is 5.11 Å². The number of thiocarbonyl (C=S) groups is 1. The van der Waals surface area contributed by atoms with Crippen LogP contribution >= 0.6 is 24.0 Å². The summed E-state index contributed by atoms with van der Waals surface area (Å²) in [5.74, 6) is 0. The third-order valence-electron chi connectivity index (χ3n) is 4.23. The fourth-order valence-corrected chi connectivity index (χ4v) is 3.62. The zero-order chi connectivity index (χ0) is 13.4. The molecule has 0 saturated heterocycles. The number of rotatable bonds is 6. The summed E-state index contributed by atoms with van der Waals surface area (Å²) in [6.45, 7) is 5.50. The van der Waals surface area contributed by atoms with E-state index >= 15 is 0 Å². The summed E-state index contributed by atoms with van der Waals surface area (Å²) in [5, 5.41) is 7.75. The lowest BCUT2D eigenvalue weighted by atomic mass is 9.96. The van der Waals surface area contributed by atoms with Gasteiger partial charge in [0.05, 0.1) is 0 Å². The third-order valence-corrected chi connectivity index (χ3v) is 6.08. The van der Waals surface area contributed by atoms with Crippen molar-refractivity contribution in [2.24, 2.45) is 0 Å². The molecule has 1 aliphatic carbocycles. The summed E-state index contributed by atoms with van der Waals surface area (Å²) in [6, 6.07) is 0.602. The molecule has 0 aromatic carbocycles. The van der Waals surface area contributed by atoms with Gasteiger partial charge in [-0.3, -0.25) is 0 Å². The lowest BCUT2D eigenvalue weighted by Crippen LogP contribution is -2.47.